The van der Waals surface area contributed by atoms with Gasteiger partial charge in [-0.05, 0) is 23.6 Å². The van der Waals surface area contributed by atoms with E-state index in [1.165, 1.54) is 9.75 Å². The zero-order valence-electron chi connectivity index (χ0n) is 9.94. The highest BCUT2D eigenvalue weighted by atomic mass is 35.5. The van der Waals surface area contributed by atoms with Crippen LogP contribution in [0.3, 0.4) is 0 Å². The molecule has 2 aromatic rings. The quantitative estimate of drug-likeness (QED) is 0.671. The summed E-state index contributed by atoms with van der Waals surface area (Å²) in [5, 5.41) is 8.60. The fraction of sp³-hybridized carbons (Fsp3) is 0.250. The zero-order chi connectivity index (χ0) is 12.8. The Balaban J connectivity index is 1.79. The van der Waals surface area contributed by atoms with Gasteiger partial charge in [-0.2, -0.15) is 0 Å². The summed E-state index contributed by atoms with van der Waals surface area (Å²) >= 11 is 9.20. The smallest absolute Gasteiger partial charge is 0.191 e. The van der Waals surface area contributed by atoms with E-state index < -0.39 is 0 Å². The number of hydrogen-bond acceptors (Lipinski definition) is 3. The molecule has 0 unspecified atom stereocenters. The lowest BCUT2D eigenvalue weighted by Gasteiger charge is -2.10. The molecule has 0 aliphatic rings. The number of rotatable bonds is 4. The SMILES string of the molecule is CN=C(NCc1cccs1)NCc1ccc(Cl)s1. The van der Waals surface area contributed by atoms with Crippen molar-refractivity contribution in [1.82, 2.24) is 10.6 Å². The van der Waals surface area contributed by atoms with Gasteiger partial charge in [0.15, 0.2) is 5.96 Å². The van der Waals surface area contributed by atoms with Crippen molar-refractivity contribution in [3.05, 3.63) is 43.7 Å². The lowest BCUT2D eigenvalue weighted by Crippen LogP contribution is -2.35. The second-order valence-electron chi connectivity index (χ2n) is 3.56. The Bertz CT molecular complexity index is 505. The molecular weight excluding hydrogens is 286 g/mol. The molecule has 3 nitrogen and oxygen atoms in total. The molecule has 0 aliphatic carbocycles. The maximum absolute atomic E-state index is 5.88. The Morgan fingerprint density at radius 1 is 1.22 bits per heavy atom. The monoisotopic (exact) mass is 299 g/mol. The number of thiophene rings is 2. The standard InChI is InChI=1S/C12H14ClN3S2/c1-14-12(15-7-9-3-2-6-17-9)16-8-10-4-5-11(13)18-10/h2-6H,7-8H2,1H3,(H2,14,15,16). The van der Waals surface area contributed by atoms with Gasteiger partial charge in [0.05, 0.1) is 17.4 Å². The van der Waals surface area contributed by atoms with Crippen molar-refractivity contribution in [1.29, 1.82) is 0 Å². The molecule has 0 bridgehead atoms. The van der Waals surface area contributed by atoms with Crippen LogP contribution in [0.4, 0.5) is 0 Å². The molecule has 0 aliphatic heterocycles. The Morgan fingerprint density at radius 2 is 2.00 bits per heavy atom. The van der Waals surface area contributed by atoms with E-state index in [9.17, 15) is 0 Å². The van der Waals surface area contributed by atoms with Crippen LogP contribution in [0.15, 0.2) is 34.6 Å². The van der Waals surface area contributed by atoms with Crippen LogP contribution in [0.2, 0.25) is 4.34 Å². The molecule has 96 valence electrons. The molecule has 0 aromatic carbocycles. The summed E-state index contributed by atoms with van der Waals surface area (Å²) in [6.45, 7) is 1.53. The van der Waals surface area contributed by atoms with Gasteiger partial charge in [0, 0.05) is 16.8 Å². The van der Waals surface area contributed by atoms with Gasteiger partial charge in [0.25, 0.3) is 0 Å². The maximum Gasteiger partial charge on any atom is 0.191 e. The first-order valence-corrected chi connectivity index (χ1v) is 7.56. The normalized spacial score (nSPS) is 11.6. The number of hydrogen-bond donors (Lipinski definition) is 2. The molecule has 0 saturated heterocycles. The van der Waals surface area contributed by atoms with Crippen LogP contribution < -0.4 is 10.6 Å². The predicted molar refractivity (Wildman–Crippen MR) is 80.7 cm³/mol. The van der Waals surface area contributed by atoms with Crippen LogP contribution in [0, 0.1) is 0 Å². The van der Waals surface area contributed by atoms with Crippen molar-refractivity contribution in [2.45, 2.75) is 13.1 Å². The number of nitrogens with one attached hydrogen (secondary N) is 2. The van der Waals surface area contributed by atoms with Gasteiger partial charge in [0.1, 0.15) is 0 Å². The molecule has 2 heterocycles. The number of aliphatic imine (C=N–C) groups is 1. The summed E-state index contributed by atoms with van der Waals surface area (Å²) < 4.78 is 0.813. The van der Waals surface area contributed by atoms with Crippen LogP contribution in [-0.4, -0.2) is 13.0 Å². The topological polar surface area (TPSA) is 36.4 Å². The molecule has 18 heavy (non-hydrogen) atoms. The van der Waals surface area contributed by atoms with E-state index in [4.69, 9.17) is 11.6 Å². The average molecular weight is 300 g/mol. The molecule has 0 radical (unpaired) electrons. The molecule has 2 aromatic heterocycles. The van der Waals surface area contributed by atoms with E-state index >= 15 is 0 Å². The largest absolute Gasteiger partial charge is 0.352 e. The summed E-state index contributed by atoms with van der Waals surface area (Å²) in [5.41, 5.74) is 0. The predicted octanol–water partition coefficient (Wildman–Crippen LogP) is 3.33. The summed E-state index contributed by atoms with van der Waals surface area (Å²) in [6, 6.07) is 8.08. The van der Waals surface area contributed by atoms with Crippen LogP contribution >= 0.6 is 34.3 Å². The maximum atomic E-state index is 5.88. The van der Waals surface area contributed by atoms with Gasteiger partial charge in [-0.1, -0.05) is 17.7 Å². The van der Waals surface area contributed by atoms with E-state index in [-0.39, 0.29) is 0 Å². The first-order chi connectivity index (χ1) is 8.78. The van der Waals surface area contributed by atoms with Crippen molar-refractivity contribution in [3.63, 3.8) is 0 Å². The Kier molecular flexibility index (Phi) is 5.04. The van der Waals surface area contributed by atoms with Crippen molar-refractivity contribution in [2.24, 2.45) is 4.99 Å². The van der Waals surface area contributed by atoms with Crippen molar-refractivity contribution >= 4 is 40.2 Å². The fourth-order valence-electron chi connectivity index (χ4n) is 1.42. The van der Waals surface area contributed by atoms with E-state index in [0.717, 1.165) is 23.4 Å². The van der Waals surface area contributed by atoms with E-state index in [2.05, 4.69) is 27.1 Å². The molecule has 0 saturated carbocycles. The zero-order valence-corrected chi connectivity index (χ0v) is 12.3. The van der Waals surface area contributed by atoms with Crippen molar-refractivity contribution in [3.8, 4) is 0 Å². The van der Waals surface area contributed by atoms with Gasteiger partial charge >= 0.3 is 0 Å². The Morgan fingerprint density at radius 3 is 2.56 bits per heavy atom. The average Bonchev–Trinajstić information content (AvgIpc) is 3.01. The van der Waals surface area contributed by atoms with E-state index in [0.29, 0.717) is 0 Å². The fourth-order valence-corrected chi connectivity index (χ4v) is 3.09. The number of guanidine groups is 1. The van der Waals surface area contributed by atoms with Crippen LogP contribution in [0.5, 0.6) is 0 Å². The molecular formula is C12H14ClN3S2. The minimum absolute atomic E-state index is 0.738. The summed E-state index contributed by atoms with van der Waals surface area (Å²) in [6.07, 6.45) is 0. The molecule has 2 rings (SSSR count). The van der Waals surface area contributed by atoms with Gasteiger partial charge in [-0.25, -0.2) is 0 Å². The summed E-state index contributed by atoms with van der Waals surface area (Å²) in [4.78, 5) is 6.66. The minimum atomic E-state index is 0.738. The minimum Gasteiger partial charge on any atom is -0.352 e. The Labute approximate surface area is 120 Å². The van der Waals surface area contributed by atoms with Gasteiger partial charge in [0.2, 0.25) is 0 Å². The third kappa shape index (κ3) is 4.01. The molecule has 0 fully saturated rings. The molecule has 0 spiro atoms. The lowest BCUT2D eigenvalue weighted by molar-refractivity contribution is 0.823. The second kappa shape index (κ2) is 6.78. The third-order valence-corrected chi connectivity index (χ3v) is 4.40. The highest BCUT2D eigenvalue weighted by Gasteiger charge is 2.01. The highest BCUT2D eigenvalue weighted by molar-refractivity contribution is 7.16. The molecule has 2 N–H and O–H groups in total. The summed E-state index contributed by atoms with van der Waals surface area (Å²) in [5.74, 6) is 0.799. The van der Waals surface area contributed by atoms with Crippen LogP contribution in [0.25, 0.3) is 0 Å². The number of nitrogens with zero attached hydrogens (tertiary/aromatic N) is 1. The van der Waals surface area contributed by atoms with Crippen LogP contribution in [0.1, 0.15) is 9.75 Å². The molecule has 6 heteroatoms. The van der Waals surface area contributed by atoms with Crippen molar-refractivity contribution < 1.29 is 0 Å². The first-order valence-electron chi connectivity index (χ1n) is 5.49. The van der Waals surface area contributed by atoms with E-state index in [1.54, 1.807) is 29.7 Å². The lowest BCUT2D eigenvalue weighted by atomic mass is 10.4. The first kappa shape index (κ1) is 13.4. The highest BCUT2D eigenvalue weighted by Crippen LogP contribution is 2.20. The second-order valence-corrected chi connectivity index (χ2v) is 6.40. The van der Waals surface area contributed by atoms with Gasteiger partial charge in [-0.15, -0.1) is 22.7 Å². The molecule has 0 atom stereocenters. The van der Waals surface area contributed by atoms with Crippen molar-refractivity contribution in [2.75, 3.05) is 7.05 Å². The van der Waals surface area contributed by atoms with Gasteiger partial charge < -0.3 is 10.6 Å². The number of halogens is 1. The summed E-state index contributed by atoms with van der Waals surface area (Å²) in [7, 11) is 1.77. The van der Waals surface area contributed by atoms with Gasteiger partial charge in [-0.3, -0.25) is 4.99 Å². The van der Waals surface area contributed by atoms with E-state index in [1.807, 2.05) is 18.2 Å². The Hall–Kier alpha value is -1.04. The third-order valence-electron chi connectivity index (χ3n) is 2.29. The van der Waals surface area contributed by atoms with Crippen LogP contribution in [-0.2, 0) is 13.1 Å². The molecule has 0 amide bonds.